The monoisotopic (exact) mass is 444 g/mol. The number of esters is 1. The van der Waals surface area contributed by atoms with E-state index in [2.05, 4.69) is 5.10 Å². The van der Waals surface area contributed by atoms with Crippen LogP contribution < -0.4 is 4.74 Å². The quantitative estimate of drug-likeness (QED) is 0.575. The van der Waals surface area contributed by atoms with Crippen LogP contribution in [0.25, 0.3) is 0 Å². The largest absolute Gasteiger partial charge is 0.507 e. The van der Waals surface area contributed by atoms with Crippen molar-refractivity contribution in [2.24, 2.45) is 5.10 Å². The van der Waals surface area contributed by atoms with Gasteiger partial charge in [-0.1, -0.05) is 54.6 Å². The van der Waals surface area contributed by atoms with Crippen LogP contribution in [0.15, 0.2) is 77.9 Å². The van der Waals surface area contributed by atoms with Crippen molar-refractivity contribution < 1.29 is 24.2 Å². The average Bonchev–Trinajstić information content (AvgIpc) is 3.30. The van der Waals surface area contributed by atoms with Gasteiger partial charge in [-0.2, -0.15) is 5.10 Å². The van der Waals surface area contributed by atoms with Crippen LogP contribution in [0.1, 0.15) is 39.5 Å². The Kier molecular flexibility index (Phi) is 6.40. The highest BCUT2D eigenvalue weighted by molar-refractivity contribution is 6.03. The Morgan fingerprint density at radius 3 is 2.45 bits per heavy atom. The molecule has 1 amide bonds. The predicted molar refractivity (Wildman–Crippen MR) is 123 cm³/mol. The Morgan fingerprint density at radius 1 is 1.03 bits per heavy atom. The summed E-state index contributed by atoms with van der Waals surface area (Å²) >= 11 is 0. The first kappa shape index (κ1) is 22.1. The molecule has 168 valence electrons. The van der Waals surface area contributed by atoms with Crippen molar-refractivity contribution >= 4 is 17.6 Å². The Balaban J connectivity index is 1.55. The molecule has 0 aliphatic carbocycles. The van der Waals surface area contributed by atoms with Gasteiger partial charge in [0.25, 0.3) is 5.91 Å². The van der Waals surface area contributed by atoms with Gasteiger partial charge in [-0.15, -0.1) is 0 Å². The number of carbonyl (C=O) groups excluding carboxylic acids is 2. The minimum Gasteiger partial charge on any atom is -0.507 e. The van der Waals surface area contributed by atoms with E-state index in [0.717, 1.165) is 16.8 Å². The zero-order valence-electron chi connectivity index (χ0n) is 18.4. The molecule has 1 unspecified atom stereocenters. The first-order chi connectivity index (χ1) is 16.0. The zero-order valence-corrected chi connectivity index (χ0v) is 18.4. The molecule has 1 aliphatic heterocycles. The van der Waals surface area contributed by atoms with E-state index < -0.39 is 18.5 Å². The maximum absolute atomic E-state index is 13.1. The number of rotatable bonds is 6. The second kappa shape index (κ2) is 9.56. The molecule has 0 aromatic heterocycles. The maximum atomic E-state index is 13.1. The van der Waals surface area contributed by atoms with Gasteiger partial charge >= 0.3 is 5.97 Å². The lowest BCUT2D eigenvalue weighted by Gasteiger charge is -2.22. The molecule has 3 aromatic carbocycles. The lowest BCUT2D eigenvalue weighted by atomic mass is 9.98. The number of hydrazone groups is 1. The number of amides is 1. The number of ether oxygens (including phenoxy) is 2. The summed E-state index contributed by atoms with van der Waals surface area (Å²) in [5.41, 5.74) is 3.15. The molecule has 0 radical (unpaired) electrons. The fourth-order valence-electron chi connectivity index (χ4n) is 3.73. The standard InChI is InChI=1S/C26H24N2O5/c1-17-7-6-10-21(25(17)30)26(31)33-16-24(29)28-23(19-11-13-20(32-2)14-12-19)15-22(27-28)18-8-4-3-5-9-18/h3-14,23,30H,15-16H2,1-2H3. The fraction of sp³-hybridized carbons (Fsp3) is 0.192. The molecular formula is C26H24N2O5. The predicted octanol–water partition coefficient (Wildman–Crippen LogP) is 4.24. The summed E-state index contributed by atoms with van der Waals surface area (Å²) in [6, 6.07) is 21.5. The van der Waals surface area contributed by atoms with Crippen LogP contribution in [0.3, 0.4) is 0 Å². The minimum atomic E-state index is -0.767. The Bertz CT molecular complexity index is 1190. The van der Waals surface area contributed by atoms with E-state index in [1.807, 2.05) is 54.6 Å². The number of hydrogen-bond donors (Lipinski definition) is 1. The molecule has 0 saturated heterocycles. The van der Waals surface area contributed by atoms with Crippen LogP contribution in [0.2, 0.25) is 0 Å². The van der Waals surface area contributed by atoms with Gasteiger partial charge in [0, 0.05) is 6.42 Å². The van der Waals surface area contributed by atoms with Crippen molar-refractivity contribution in [1.29, 1.82) is 0 Å². The van der Waals surface area contributed by atoms with Gasteiger partial charge in [-0.3, -0.25) is 4.79 Å². The SMILES string of the molecule is COc1ccc(C2CC(c3ccccc3)=NN2C(=O)COC(=O)c2cccc(C)c2O)cc1. The summed E-state index contributed by atoms with van der Waals surface area (Å²) in [4.78, 5) is 25.5. The van der Waals surface area contributed by atoms with E-state index >= 15 is 0 Å². The number of nitrogens with zero attached hydrogens (tertiary/aromatic N) is 2. The molecule has 0 saturated carbocycles. The van der Waals surface area contributed by atoms with Crippen molar-refractivity contribution in [3.05, 3.63) is 95.1 Å². The van der Waals surface area contributed by atoms with Crippen LogP contribution in [0, 0.1) is 6.92 Å². The highest BCUT2D eigenvalue weighted by Crippen LogP contribution is 2.33. The van der Waals surface area contributed by atoms with E-state index in [4.69, 9.17) is 9.47 Å². The smallest absolute Gasteiger partial charge is 0.342 e. The van der Waals surface area contributed by atoms with Crippen molar-refractivity contribution in [3.63, 3.8) is 0 Å². The third-order valence-corrected chi connectivity index (χ3v) is 5.56. The zero-order chi connectivity index (χ0) is 23.4. The topological polar surface area (TPSA) is 88.4 Å². The van der Waals surface area contributed by atoms with Crippen LogP contribution in [0.5, 0.6) is 11.5 Å². The molecule has 1 N–H and O–H groups in total. The number of benzene rings is 3. The second-order valence-corrected chi connectivity index (χ2v) is 7.69. The van der Waals surface area contributed by atoms with Gasteiger partial charge in [0.1, 0.15) is 17.1 Å². The molecule has 1 heterocycles. The number of para-hydroxylation sites is 1. The Hall–Kier alpha value is -4.13. The third-order valence-electron chi connectivity index (χ3n) is 5.56. The number of hydrogen-bond acceptors (Lipinski definition) is 6. The summed E-state index contributed by atoms with van der Waals surface area (Å²) in [7, 11) is 1.59. The normalized spacial score (nSPS) is 15.2. The number of carbonyl (C=O) groups is 2. The molecule has 1 atom stereocenters. The molecule has 0 spiro atoms. The summed E-state index contributed by atoms with van der Waals surface area (Å²) in [5, 5.41) is 16.0. The number of phenols is 1. The average molecular weight is 444 g/mol. The number of aromatic hydroxyl groups is 1. The molecule has 33 heavy (non-hydrogen) atoms. The molecule has 4 rings (SSSR count). The molecule has 0 fully saturated rings. The molecular weight excluding hydrogens is 420 g/mol. The van der Waals surface area contributed by atoms with Crippen LogP contribution in [-0.2, 0) is 9.53 Å². The molecule has 7 nitrogen and oxygen atoms in total. The van der Waals surface area contributed by atoms with Crippen molar-refractivity contribution in [3.8, 4) is 11.5 Å². The first-order valence-electron chi connectivity index (χ1n) is 10.5. The third kappa shape index (κ3) is 4.72. The Labute approximate surface area is 191 Å². The van der Waals surface area contributed by atoms with Gasteiger partial charge in [0.2, 0.25) is 0 Å². The van der Waals surface area contributed by atoms with Gasteiger partial charge in [-0.25, -0.2) is 9.80 Å². The summed E-state index contributed by atoms with van der Waals surface area (Å²) in [6.07, 6.45) is 0.523. The summed E-state index contributed by atoms with van der Waals surface area (Å²) in [5.74, 6) is -0.665. The Morgan fingerprint density at radius 2 is 1.76 bits per heavy atom. The number of methoxy groups -OCH3 is 1. The van der Waals surface area contributed by atoms with E-state index in [1.54, 1.807) is 26.2 Å². The van der Waals surface area contributed by atoms with Gasteiger partial charge < -0.3 is 14.6 Å². The minimum absolute atomic E-state index is 0.0180. The van der Waals surface area contributed by atoms with E-state index in [0.29, 0.717) is 17.7 Å². The lowest BCUT2D eigenvalue weighted by Crippen LogP contribution is -2.31. The van der Waals surface area contributed by atoms with E-state index in [-0.39, 0.29) is 17.4 Å². The molecule has 0 bridgehead atoms. The molecule has 3 aromatic rings. The second-order valence-electron chi connectivity index (χ2n) is 7.69. The molecule has 7 heteroatoms. The van der Waals surface area contributed by atoms with E-state index in [1.165, 1.54) is 11.1 Å². The maximum Gasteiger partial charge on any atom is 0.342 e. The van der Waals surface area contributed by atoms with Crippen molar-refractivity contribution in [2.45, 2.75) is 19.4 Å². The van der Waals surface area contributed by atoms with Crippen LogP contribution >= 0.6 is 0 Å². The van der Waals surface area contributed by atoms with Gasteiger partial charge in [-0.05, 0) is 41.8 Å². The van der Waals surface area contributed by atoms with Crippen LogP contribution in [0.4, 0.5) is 0 Å². The lowest BCUT2D eigenvalue weighted by molar-refractivity contribution is -0.136. The van der Waals surface area contributed by atoms with Gasteiger partial charge in [0.05, 0.1) is 18.9 Å². The van der Waals surface area contributed by atoms with E-state index in [9.17, 15) is 14.7 Å². The highest BCUT2D eigenvalue weighted by Gasteiger charge is 2.33. The van der Waals surface area contributed by atoms with Crippen LogP contribution in [-0.4, -0.2) is 41.4 Å². The summed E-state index contributed by atoms with van der Waals surface area (Å²) in [6.45, 7) is 1.19. The van der Waals surface area contributed by atoms with Gasteiger partial charge in [0.15, 0.2) is 6.61 Å². The molecule has 1 aliphatic rings. The highest BCUT2D eigenvalue weighted by atomic mass is 16.5. The van der Waals surface area contributed by atoms with Crippen molar-refractivity contribution in [2.75, 3.05) is 13.7 Å². The van der Waals surface area contributed by atoms with Crippen molar-refractivity contribution in [1.82, 2.24) is 5.01 Å². The summed E-state index contributed by atoms with van der Waals surface area (Å²) < 4.78 is 10.5. The number of phenolic OH excluding ortho intramolecular Hbond substituents is 1. The fourth-order valence-corrected chi connectivity index (χ4v) is 3.73. The first-order valence-corrected chi connectivity index (χ1v) is 10.5. The number of aryl methyl sites for hydroxylation is 1.